The third kappa shape index (κ3) is 2.96. The van der Waals surface area contributed by atoms with Gasteiger partial charge in [0.05, 0.1) is 30.7 Å². The lowest BCUT2D eigenvalue weighted by Gasteiger charge is -2.30. The van der Waals surface area contributed by atoms with E-state index >= 15 is 0 Å². The Morgan fingerprint density at radius 3 is 2.68 bits per heavy atom. The first-order chi connectivity index (χ1) is 12.1. The molecule has 1 saturated carbocycles. The van der Waals surface area contributed by atoms with Crippen LogP contribution in [0.5, 0.6) is 0 Å². The SMILES string of the molecule is CC(=O)N1CCC[C@H]1c1cnc(N2CC3(CCCCC3)OC2=O)cn1. The van der Waals surface area contributed by atoms with Crippen LogP contribution < -0.4 is 4.90 Å². The standard InChI is InChI=1S/C18H24N4O3/c1-13(23)21-9-5-6-15(21)14-10-20-16(11-19-14)22-12-18(25-17(22)24)7-3-2-4-8-18/h10-11,15H,2-9,12H2,1H3/t15-/m0/s1. The van der Waals surface area contributed by atoms with Crippen LogP contribution in [0.15, 0.2) is 12.4 Å². The Balaban J connectivity index is 1.50. The summed E-state index contributed by atoms with van der Waals surface area (Å²) in [6.07, 6.45) is 10.2. The molecule has 1 aromatic heterocycles. The highest BCUT2D eigenvalue weighted by atomic mass is 16.6. The minimum atomic E-state index is -0.341. The quantitative estimate of drug-likeness (QED) is 0.824. The summed E-state index contributed by atoms with van der Waals surface area (Å²) >= 11 is 0. The average Bonchev–Trinajstić information content (AvgIpc) is 3.21. The van der Waals surface area contributed by atoms with Crippen molar-refractivity contribution in [1.29, 1.82) is 0 Å². The Hall–Kier alpha value is -2.18. The fourth-order valence-corrected chi connectivity index (χ4v) is 4.35. The second-order valence-corrected chi connectivity index (χ2v) is 7.37. The van der Waals surface area contributed by atoms with Gasteiger partial charge in [-0.2, -0.15) is 0 Å². The molecule has 1 aromatic rings. The zero-order chi connectivity index (χ0) is 17.4. The maximum atomic E-state index is 12.3. The fraction of sp³-hybridized carbons (Fsp3) is 0.667. The van der Waals surface area contributed by atoms with Gasteiger partial charge in [-0.3, -0.25) is 14.7 Å². The van der Waals surface area contributed by atoms with Crippen molar-refractivity contribution in [2.24, 2.45) is 0 Å². The van der Waals surface area contributed by atoms with Crippen molar-refractivity contribution in [2.45, 2.75) is 63.5 Å². The lowest BCUT2D eigenvalue weighted by Crippen LogP contribution is -2.36. The molecule has 1 atom stereocenters. The highest BCUT2D eigenvalue weighted by molar-refractivity contribution is 5.89. The molecular formula is C18H24N4O3. The maximum Gasteiger partial charge on any atom is 0.416 e. The van der Waals surface area contributed by atoms with E-state index < -0.39 is 0 Å². The second-order valence-electron chi connectivity index (χ2n) is 7.37. The van der Waals surface area contributed by atoms with Gasteiger partial charge in [0.2, 0.25) is 5.91 Å². The van der Waals surface area contributed by atoms with E-state index in [2.05, 4.69) is 9.97 Å². The molecule has 4 rings (SSSR count). The number of anilines is 1. The molecule has 3 aliphatic rings. The molecule has 0 radical (unpaired) electrons. The Kier molecular flexibility index (Phi) is 4.09. The van der Waals surface area contributed by atoms with E-state index in [-0.39, 0.29) is 23.6 Å². The van der Waals surface area contributed by atoms with Gasteiger partial charge < -0.3 is 9.64 Å². The molecule has 7 heteroatoms. The molecule has 2 aliphatic heterocycles. The van der Waals surface area contributed by atoms with Crippen LogP contribution in [0, 0.1) is 0 Å². The molecule has 1 aliphatic carbocycles. The van der Waals surface area contributed by atoms with Gasteiger partial charge in [-0.1, -0.05) is 6.42 Å². The monoisotopic (exact) mass is 344 g/mol. The van der Waals surface area contributed by atoms with Crippen molar-refractivity contribution >= 4 is 17.8 Å². The Morgan fingerprint density at radius 1 is 1.20 bits per heavy atom. The normalized spacial score (nSPS) is 25.5. The van der Waals surface area contributed by atoms with Crippen LogP contribution in [0.4, 0.5) is 10.6 Å². The molecule has 134 valence electrons. The van der Waals surface area contributed by atoms with Crippen LogP contribution in [0.2, 0.25) is 0 Å². The number of aromatic nitrogens is 2. The molecule has 2 amide bonds. The third-order valence-electron chi connectivity index (χ3n) is 5.67. The lowest BCUT2D eigenvalue weighted by molar-refractivity contribution is -0.129. The first-order valence-electron chi connectivity index (χ1n) is 9.18. The van der Waals surface area contributed by atoms with E-state index in [1.165, 1.54) is 6.42 Å². The smallest absolute Gasteiger partial charge is 0.416 e. The van der Waals surface area contributed by atoms with Crippen molar-refractivity contribution in [2.75, 3.05) is 18.0 Å². The van der Waals surface area contributed by atoms with Crippen molar-refractivity contribution in [3.05, 3.63) is 18.1 Å². The molecule has 3 heterocycles. The van der Waals surface area contributed by atoms with Gasteiger partial charge in [0.25, 0.3) is 0 Å². The molecule has 2 saturated heterocycles. The number of ether oxygens (including phenoxy) is 1. The van der Waals surface area contributed by atoms with Crippen molar-refractivity contribution in [3.8, 4) is 0 Å². The largest absolute Gasteiger partial charge is 0.441 e. The third-order valence-corrected chi connectivity index (χ3v) is 5.67. The van der Waals surface area contributed by atoms with Gasteiger partial charge in [0, 0.05) is 13.5 Å². The van der Waals surface area contributed by atoms with E-state index in [0.717, 1.165) is 50.8 Å². The summed E-state index contributed by atoms with van der Waals surface area (Å²) in [5, 5.41) is 0. The van der Waals surface area contributed by atoms with Gasteiger partial charge in [-0.05, 0) is 38.5 Å². The van der Waals surface area contributed by atoms with Crippen LogP contribution in [-0.2, 0) is 9.53 Å². The number of likely N-dealkylation sites (tertiary alicyclic amines) is 1. The highest BCUT2D eigenvalue weighted by Gasteiger charge is 2.46. The highest BCUT2D eigenvalue weighted by Crippen LogP contribution is 2.38. The summed E-state index contributed by atoms with van der Waals surface area (Å²) in [4.78, 5) is 36.4. The van der Waals surface area contributed by atoms with Crippen molar-refractivity contribution in [3.63, 3.8) is 0 Å². The lowest BCUT2D eigenvalue weighted by atomic mass is 9.85. The summed E-state index contributed by atoms with van der Waals surface area (Å²) in [5.74, 6) is 0.597. The molecule has 0 N–H and O–H groups in total. The Bertz CT molecular complexity index is 669. The second kappa shape index (κ2) is 6.28. The summed E-state index contributed by atoms with van der Waals surface area (Å²) < 4.78 is 5.70. The fourth-order valence-electron chi connectivity index (χ4n) is 4.35. The van der Waals surface area contributed by atoms with Crippen molar-refractivity contribution < 1.29 is 14.3 Å². The van der Waals surface area contributed by atoms with Crippen LogP contribution in [0.3, 0.4) is 0 Å². The van der Waals surface area contributed by atoms with Gasteiger partial charge in [-0.25, -0.2) is 9.78 Å². The van der Waals surface area contributed by atoms with E-state index in [4.69, 9.17) is 4.74 Å². The molecular weight excluding hydrogens is 320 g/mol. The van der Waals surface area contributed by atoms with Gasteiger partial charge in [0.1, 0.15) is 5.60 Å². The minimum absolute atomic E-state index is 0.00531. The topological polar surface area (TPSA) is 75.6 Å². The summed E-state index contributed by atoms with van der Waals surface area (Å²) in [6.45, 7) is 2.91. The molecule has 25 heavy (non-hydrogen) atoms. The van der Waals surface area contributed by atoms with Gasteiger partial charge in [-0.15, -0.1) is 0 Å². The molecule has 0 bridgehead atoms. The van der Waals surface area contributed by atoms with E-state index in [0.29, 0.717) is 12.4 Å². The molecule has 7 nitrogen and oxygen atoms in total. The zero-order valence-electron chi connectivity index (χ0n) is 14.6. The Morgan fingerprint density at radius 2 is 2.00 bits per heavy atom. The number of hydrogen-bond acceptors (Lipinski definition) is 5. The summed E-state index contributed by atoms with van der Waals surface area (Å²) in [7, 11) is 0. The molecule has 0 unspecified atom stereocenters. The predicted molar refractivity (Wildman–Crippen MR) is 91.0 cm³/mol. The van der Waals surface area contributed by atoms with Gasteiger partial charge in [0.15, 0.2) is 5.82 Å². The summed E-state index contributed by atoms with van der Waals surface area (Å²) in [6, 6.07) is -0.00531. The van der Waals surface area contributed by atoms with Crippen LogP contribution >= 0.6 is 0 Å². The molecule has 3 fully saturated rings. The average molecular weight is 344 g/mol. The van der Waals surface area contributed by atoms with Crippen LogP contribution in [-0.4, -0.2) is 45.6 Å². The predicted octanol–water partition coefficient (Wildman–Crippen LogP) is 2.82. The van der Waals surface area contributed by atoms with E-state index in [9.17, 15) is 9.59 Å². The van der Waals surface area contributed by atoms with Crippen LogP contribution in [0.25, 0.3) is 0 Å². The van der Waals surface area contributed by atoms with E-state index in [1.807, 2.05) is 4.90 Å². The van der Waals surface area contributed by atoms with Crippen LogP contribution in [0.1, 0.15) is 63.6 Å². The van der Waals surface area contributed by atoms with Crippen molar-refractivity contribution in [1.82, 2.24) is 14.9 Å². The summed E-state index contributed by atoms with van der Waals surface area (Å²) in [5.41, 5.74) is 0.448. The van der Waals surface area contributed by atoms with E-state index in [1.54, 1.807) is 24.2 Å². The number of carbonyl (C=O) groups is 2. The Labute approximate surface area is 147 Å². The number of nitrogens with zero attached hydrogens (tertiary/aromatic N) is 4. The number of carbonyl (C=O) groups excluding carboxylic acids is 2. The first kappa shape index (κ1) is 16.3. The first-order valence-corrected chi connectivity index (χ1v) is 9.18. The zero-order valence-corrected chi connectivity index (χ0v) is 14.6. The number of hydrogen-bond donors (Lipinski definition) is 0. The molecule has 0 aromatic carbocycles. The minimum Gasteiger partial charge on any atom is -0.441 e. The number of rotatable bonds is 2. The maximum absolute atomic E-state index is 12.3. The van der Waals surface area contributed by atoms with Gasteiger partial charge >= 0.3 is 6.09 Å². The number of amides is 2. The molecule has 1 spiro atoms.